The fraction of sp³-hybridized carbons (Fsp3) is 0.0976. The highest BCUT2D eigenvalue weighted by atomic mass is 14.9. The monoisotopic (exact) mass is 619 g/mol. The molecule has 0 bridgehead atoms. The minimum atomic E-state index is -0.594. The van der Waals surface area contributed by atoms with E-state index in [1.54, 1.807) is 18.6 Å². The molecule has 7 heteroatoms. The summed E-state index contributed by atoms with van der Waals surface area (Å²) in [5.74, 6) is 3.56. The third kappa shape index (κ3) is 5.29. The van der Waals surface area contributed by atoms with Crippen molar-refractivity contribution in [3.05, 3.63) is 133 Å². The Labute approximate surface area is 278 Å². The zero-order valence-corrected chi connectivity index (χ0v) is 26.2. The molecule has 6 aromatic rings. The van der Waals surface area contributed by atoms with Crippen LogP contribution in [0.15, 0.2) is 131 Å². The highest BCUT2D eigenvalue weighted by Crippen LogP contribution is 2.38. The number of dihydropyridines is 1. The zero-order valence-electron chi connectivity index (χ0n) is 26.2. The fourth-order valence-electron chi connectivity index (χ4n) is 6.22. The largest absolute Gasteiger partial charge is 0.262 e. The van der Waals surface area contributed by atoms with Crippen molar-refractivity contribution in [3.63, 3.8) is 0 Å². The molecule has 4 aromatic heterocycles. The normalized spacial score (nSPS) is 16.5. The van der Waals surface area contributed by atoms with Crippen LogP contribution in [0.1, 0.15) is 37.1 Å². The number of pyridine rings is 3. The van der Waals surface area contributed by atoms with Crippen LogP contribution in [-0.2, 0) is 0 Å². The van der Waals surface area contributed by atoms with Gasteiger partial charge in [-0.25, -0.2) is 19.9 Å². The first kappa shape index (κ1) is 29.0. The summed E-state index contributed by atoms with van der Waals surface area (Å²) in [7, 11) is 0. The highest BCUT2D eigenvalue weighted by Gasteiger charge is 2.21. The van der Waals surface area contributed by atoms with E-state index < -0.39 is 6.04 Å². The number of rotatable bonds is 5. The summed E-state index contributed by atoms with van der Waals surface area (Å²) in [6.07, 6.45) is 25.5. The number of hydrogen-bond acceptors (Lipinski definition) is 7. The highest BCUT2D eigenvalue weighted by molar-refractivity contribution is 6.13. The van der Waals surface area contributed by atoms with Gasteiger partial charge in [-0.3, -0.25) is 15.0 Å². The number of fused-ring (bicyclic) bond motifs is 4. The summed E-state index contributed by atoms with van der Waals surface area (Å²) in [5.41, 5.74) is 10.1. The molecule has 0 spiro atoms. The molecule has 0 saturated carbocycles. The summed E-state index contributed by atoms with van der Waals surface area (Å²) in [6.45, 7) is 1.95. The first-order chi connectivity index (χ1) is 23.7. The lowest BCUT2D eigenvalue weighted by Gasteiger charge is -2.18. The SMILES string of the molecule is C#C[C@H](N=C1C=CC=N/C1=C/C)c1cc(-c2ccccc2)nc2c1ccc1c(-c3ncc4ncccc4n3)cc(C3=CC=CCC3)nc12. The van der Waals surface area contributed by atoms with Crippen molar-refractivity contribution in [3.8, 4) is 35.0 Å². The van der Waals surface area contributed by atoms with Crippen LogP contribution in [0.2, 0.25) is 0 Å². The summed E-state index contributed by atoms with van der Waals surface area (Å²) in [5, 5.41) is 1.78. The van der Waals surface area contributed by atoms with E-state index in [0.29, 0.717) is 5.82 Å². The van der Waals surface area contributed by atoms with Gasteiger partial charge in [-0.05, 0) is 61.8 Å². The Balaban J connectivity index is 1.44. The molecule has 1 aliphatic heterocycles. The maximum atomic E-state index is 6.26. The average Bonchev–Trinajstić information content (AvgIpc) is 3.16. The maximum Gasteiger partial charge on any atom is 0.160 e. The molecular weight excluding hydrogens is 591 g/mol. The van der Waals surface area contributed by atoms with Crippen LogP contribution in [0.25, 0.3) is 61.1 Å². The van der Waals surface area contributed by atoms with E-state index in [1.807, 2.05) is 55.5 Å². The molecule has 1 atom stereocenters. The summed E-state index contributed by atoms with van der Waals surface area (Å²) >= 11 is 0. The Kier molecular flexibility index (Phi) is 7.52. The molecule has 0 saturated heterocycles. The van der Waals surface area contributed by atoms with Crippen molar-refractivity contribution < 1.29 is 0 Å². The first-order valence-corrected chi connectivity index (χ1v) is 15.9. The quantitative estimate of drug-likeness (QED) is 0.142. The van der Waals surface area contributed by atoms with Crippen molar-refractivity contribution in [2.24, 2.45) is 9.98 Å². The van der Waals surface area contributed by atoms with E-state index in [-0.39, 0.29) is 0 Å². The molecule has 228 valence electrons. The number of nitrogens with zero attached hydrogens (tertiary/aromatic N) is 7. The number of aliphatic imine (C=N–C) groups is 2. The van der Waals surface area contributed by atoms with Crippen molar-refractivity contribution in [1.29, 1.82) is 0 Å². The summed E-state index contributed by atoms with van der Waals surface area (Å²) in [4.78, 5) is 34.3. The average molecular weight is 620 g/mol. The topological polar surface area (TPSA) is 89.2 Å². The molecule has 7 nitrogen and oxygen atoms in total. The van der Waals surface area contributed by atoms with Crippen LogP contribution in [-0.4, -0.2) is 36.8 Å². The van der Waals surface area contributed by atoms with Crippen LogP contribution >= 0.6 is 0 Å². The molecule has 2 aliphatic rings. The van der Waals surface area contributed by atoms with Gasteiger partial charge in [0, 0.05) is 39.9 Å². The van der Waals surface area contributed by atoms with Gasteiger partial charge in [-0.1, -0.05) is 72.7 Å². The molecule has 0 unspecified atom stereocenters. The van der Waals surface area contributed by atoms with Gasteiger partial charge in [0.25, 0.3) is 0 Å². The second-order valence-corrected chi connectivity index (χ2v) is 11.5. The molecule has 1 aliphatic carbocycles. The number of aromatic nitrogens is 5. The number of terminal acetylenes is 1. The minimum Gasteiger partial charge on any atom is -0.262 e. The van der Waals surface area contributed by atoms with Crippen molar-refractivity contribution in [1.82, 2.24) is 24.9 Å². The number of benzene rings is 2. The smallest absolute Gasteiger partial charge is 0.160 e. The molecule has 5 heterocycles. The Hall–Kier alpha value is -6.39. The van der Waals surface area contributed by atoms with E-state index in [1.165, 1.54) is 0 Å². The van der Waals surface area contributed by atoms with Crippen LogP contribution in [0.3, 0.4) is 0 Å². The van der Waals surface area contributed by atoms with Crippen LogP contribution in [0.5, 0.6) is 0 Å². The molecule has 8 rings (SSSR count). The van der Waals surface area contributed by atoms with Crippen molar-refractivity contribution in [2.45, 2.75) is 25.8 Å². The molecule has 2 aromatic carbocycles. The lowest BCUT2D eigenvalue weighted by molar-refractivity contribution is 0.955. The minimum absolute atomic E-state index is 0.594. The lowest BCUT2D eigenvalue weighted by Crippen LogP contribution is -2.06. The van der Waals surface area contributed by atoms with Gasteiger partial charge >= 0.3 is 0 Å². The molecule has 0 N–H and O–H groups in total. The predicted molar refractivity (Wildman–Crippen MR) is 196 cm³/mol. The predicted octanol–water partition coefficient (Wildman–Crippen LogP) is 8.85. The zero-order chi connectivity index (χ0) is 32.5. The van der Waals surface area contributed by atoms with Gasteiger partial charge in [0.05, 0.1) is 45.5 Å². The maximum absolute atomic E-state index is 6.26. The molecule has 48 heavy (non-hydrogen) atoms. The summed E-state index contributed by atoms with van der Waals surface area (Å²) in [6, 6.07) is 21.7. The van der Waals surface area contributed by atoms with Crippen molar-refractivity contribution >= 4 is 50.3 Å². The van der Waals surface area contributed by atoms with Gasteiger partial charge in [0.2, 0.25) is 0 Å². The molecular formula is C41H29N7. The van der Waals surface area contributed by atoms with Crippen LogP contribution in [0.4, 0.5) is 0 Å². The van der Waals surface area contributed by atoms with Crippen LogP contribution < -0.4 is 0 Å². The van der Waals surface area contributed by atoms with E-state index in [2.05, 4.69) is 70.5 Å². The Morgan fingerprint density at radius 2 is 1.73 bits per heavy atom. The van der Waals surface area contributed by atoms with Gasteiger partial charge in [0.1, 0.15) is 11.6 Å². The fourth-order valence-corrected chi connectivity index (χ4v) is 6.22. The number of hydrogen-bond donors (Lipinski definition) is 0. The Morgan fingerprint density at radius 3 is 2.56 bits per heavy atom. The van der Waals surface area contributed by atoms with Gasteiger partial charge in [-0.15, -0.1) is 6.42 Å². The number of allylic oxidation sites excluding steroid dienone is 7. The van der Waals surface area contributed by atoms with Gasteiger partial charge in [-0.2, -0.15) is 0 Å². The molecule has 0 radical (unpaired) electrons. The van der Waals surface area contributed by atoms with E-state index in [4.69, 9.17) is 31.4 Å². The van der Waals surface area contributed by atoms with Crippen LogP contribution in [0, 0.1) is 12.3 Å². The summed E-state index contributed by atoms with van der Waals surface area (Å²) < 4.78 is 0. The van der Waals surface area contributed by atoms with E-state index in [0.717, 1.165) is 90.7 Å². The Morgan fingerprint density at radius 1 is 0.875 bits per heavy atom. The molecule has 0 fully saturated rings. The Bertz CT molecular complexity index is 2480. The van der Waals surface area contributed by atoms with Gasteiger partial charge < -0.3 is 0 Å². The lowest BCUT2D eigenvalue weighted by atomic mass is 9.94. The van der Waals surface area contributed by atoms with Gasteiger partial charge in [0.15, 0.2) is 5.82 Å². The second-order valence-electron chi connectivity index (χ2n) is 11.5. The van der Waals surface area contributed by atoms with E-state index in [9.17, 15) is 0 Å². The third-order valence-electron chi connectivity index (χ3n) is 8.61. The van der Waals surface area contributed by atoms with E-state index >= 15 is 0 Å². The van der Waals surface area contributed by atoms with Crippen molar-refractivity contribution in [2.75, 3.05) is 0 Å². The second kappa shape index (κ2) is 12.4. The standard InChI is InChI=1S/C41H29N7/c1-3-32(45-34-17-11-21-42-33(34)4-2)30-23-36(26-13-7-5-8-14-26)46-39-28(30)19-20-29-31(41-44-25-38-35(48-41)18-12-22-43-38)24-37(47-40(29)39)27-15-9-6-10-16-27/h1,4-9,11-15,17-25,32H,10,16H2,2H3/b33-4+,45-34?/t32-/m0/s1. The third-order valence-corrected chi connectivity index (χ3v) is 8.61. The first-order valence-electron chi connectivity index (χ1n) is 15.9. The molecule has 0 amide bonds.